The second-order valence-electron chi connectivity index (χ2n) is 5.39. The average Bonchev–Trinajstić information content (AvgIpc) is 2.28. The Kier molecular flexibility index (Phi) is 4.45. The maximum Gasteiger partial charge on any atom is 0.0590 e. The van der Waals surface area contributed by atoms with Crippen LogP contribution in [0.1, 0.15) is 57.8 Å². The molecule has 0 aromatic rings. The molecule has 0 aromatic heterocycles. The molecular weight excluding hydrogens is 186 g/mol. The first-order chi connectivity index (χ1) is 7.34. The molecule has 2 N–H and O–H groups in total. The molecule has 0 saturated heterocycles. The molecule has 88 valence electrons. The molecule has 0 heterocycles. The first-order valence-corrected chi connectivity index (χ1v) is 6.72. The maximum atomic E-state index is 6.01. The van der Waals surface area contributed by atoms with Crippen LogP contribution in [0.3, 0.4) is 0 Å². The summed E-state index contributed by atoms with van der Waals surface area (Å²) in [4.78, 5) is 0. The molecule has 0 aliphatic heterocycles. The molecule has 2 saturated carbocycles. The van der Waals surface area contributed by atoms with Gasteiger partial charge in [-0.2, -0.15) is 0 Å². The minimum atomic E-state index is 0.398. The summed E-state index contributed by atoms with van der Waals surface area (Å²) in [5.74, 6) is 0.844. The minimum absolute atomic E-state index is 0.398. The molecule has 2 rings (SSSR count). The Morgan fingerprint density at radius 3 is 2.47 bits per heavy atom. The predicted molar refractivity (Wildman–Crippen MR) is 62.8 cm³/mol. The second kappa shape index (κ2) is 5.86. The van der Waals surface area contributed by atoms with E-state index in [1.165, 1.54) is 51.4 Å². The first kappa shape index (κ1) is 11.4. The van der Waals surface area contributed by atoms with Crippen LogP contribution in [0.2, 0.25) is 0 Å². The molecule has 2 aliphatic carbocycles. The largest absolute Gasteiger partial charge is 0.378 e. The van der Waals surface area contributed by atoms with Gasteiger partial charge in [-0.25, -0.2) is 0 Å². The number of ether oxygens (including phenoxy) is 1. The summed E-state index contributed by atoms with van der Waals surface area (Å²) in [6, 6.07) is 0.398. The molecule has 15 heavy (non-hydrogen) atoms. The Bertz CT molecular complexity index is 177. The van der Waals surface area contributed by atoms with Crippen LogP contribution in [0.15, 0.2) is 0 Å². The maximum absolute atomic E-state index is 6.01. The molecule has 2 atom stereocenters. The number of hydrogen-bond donors (Lipinski definition) is 1. The lowest BCUT2D eigenvalue weighted by Crippen LogP contribution is -2.33. The molecule has 2 fully saturated rings. The quantitative estimate of drug-likeness (QED) is 0.779. The molecule has 2 unspecified atom stereocenters. The van der Waals surface area contributed by atoms with Crippen LogP contribution in [-0.2, 0) is 4.74 Å². The van der Waals surface area contributed by atoms with Gasteiger partial charge in [-0.15, -0.1) is 0 Å². The van der Waals surface area contributed by atoms with E-state index in [0.29, 0.717) is 12.1 Å². The third-order valence-electron chi connectivity index (χ3n) is 3.96. The third kappa shape index (κ3) is 3.76. The molecule has 2 heteroatoms. The van der Waals surface area contributed by atoms with Crippen molar-refractivity contribution in [2.75, 3.05) is 6.61 Å². The van der Waals surface area contributed by atoms with Crippen molar-refractivity contribution >= 4 is 0 Å². The van der Waals surface area contributed by atoms with E-state index in [0.717, 1.165) is 18.9 Å². The molecule has 0 bridgehead atoms. The van der Waals surface area contributed by atoms with Gasteiger partial charge in [0.25, 0.3) is 0 Å². The van der Waals surface area contributed by atoms with Gasteiger partial charge in [-0.05, 0) is 44.4 Å². The monoisotopic (exact) mass is 211 g/mol. The van der Waals surface area contributed by atoms with Crippen molar-refractivity contribution < 1.29 is 4.74 Å². The van der Waals surface area contributed by atoms with Crippen molar-refractivity contribution in [2.45, 2.75) is 69.9 Å². The summed E-state index contributed by atoms with van der Waals surface area (Å²) in [6.07, 6.45) is 12.3. The Balaban J connectivity index is 1.63. The normalized spacial score (nSPS) is 34.2. The van der Waals surface area contributed by atoms with Gasteiger partial charge in [-0.3, -0.25) is 0 Å². The smallest absolute Gasteiger partial charge is 0.0590 e. The number of nitrogens with two attached hydrogens (primary N) is 1. The zero-order valence-electron chi connectivity index (χ0n) is 9.79. The van der Waals surface area contributed by atoms with Gasteiger partial charge in [0, 0.05) is 12.6 Å². The average molecular weight is 211 g/mol. The minimum Gasteiger partial charge on any atom is -0.378 e. The highest BCUT2D eigenvalue weighted by Crippen LogP contribution is 2.26. The predicted octanol–water partition coefficient (Wildman–Crippen LogP) is 2.85. The van der Waals surface area contributed by atoms with E-state index in [9.17, 15) is 0 Å². The van der Waals surface area contributed by atoms with Crippen molar-refractivity contribution in [3.63, 3.8) is 0 Å². The summed E-state index contributed by atoms with van der Waals surface area (Å²) in [6.45, 7) is 0.997. The SMILES string of the molecule is NC1CCCC(OCC2CCCCC2)C1. The molecular formula is C13H25NO. The van der Waals surface area contributed by atoms with Crippen molar-refractivity contribution in [3.8, 4) is 0 Å². The van der Waals surface area contributed by atoms with E-state index < -0.39 is 0 Å². The highest BCUT2D eigenvalue weighted by atomic mass is 16.5. The molecule has 0 amide bonds. The molecule has 2 aliphatic rings. The van der Waals surface area contributed by atoms with Crippen molar-refractivity contribution in [2.24, 2.45) is 11.7 Å². The highest BCUT2D eigenvalue weighted by Gasteiger charge is 2.21. The fraction of sp³-hybridized carbons (Fsp3) is 1.00. The van der Waals surface area contributed by atoms with Gasteiger partial charge in [0.15, 0.2) is 0 Å². The zero-order valence-corrected chi connectivity index (χ0v) is 9.79. The van der Waals surface area contributed by atoms with Crippen LogP contribution in [0, 0.1) is 5.92 Å². The lowest BCUT2D eigenvalue weighted by Gasteiger charge is -2.29. The van der Waals surface area contributed by atoms with Gasteiger partial charge in [0.2, 0.25) is 0 Å². The van der Waals surface area contributed by atoms with Gasteiger partial charge >= 0.3 is 0 Å². The van der Waals surface area contributed by atoms with E-state index >= 15 is 0 Å². The van der Waals surface area contributed by atoms with Gasteiger partial charge < -0.3 is 10.5 Å². The zero-order chi connectivity index (χ0) is 10.5. The van der Waals surface area contributed by atoms with E-state index in [4.69, 9.17) is 10.5 Å². The van der Waals surface area contributed by atoms with Crippen molar-refractivity contribution in [1.82, 2.24) is 0 Å². The Labute approximate surface area is 93.6 Å². The summed E-state index contributed by atoms with van der Waals surface area (Å²) >= 11 is 0. The fourth-order valence-corrected chi connectivity index (χ4v) is 2.96. The van der Waals surface area contributed by atoms with Gasteiger partial charge in [-0.1, -0.05) is 19.3 Å². The molecule has 0 spiro atoms. The van der Waals surface area contributed by atoms with Crippen molar-refractivity contribution in [1.29, 1.82) is 0 Å². The van der Waals surface area contributed by atoms with Crippen LogP contribution in [0.4, 0.5) is 0 Å². The van der Waals surface area contributed by atoms with E-state index in [-0.39, 0.29) is 0 Å². The topological polar surface area (TPSA) is 35.2 Å². The summed E-state index contributed by atoms with van der Waals surface area (Å²) < 4.78 is 6.01. The fourth-order valence-electron chi connectivity index (χ4n) is 2.96. The van der Waals surface area contributed by atoms with Crippen LogP contribution in [0.25, 0.3) is 0 Å². The number of hydrogen-bond acceptors (Lipinski definition) is 2. The summed E-state index contributed by atoms with van der Waals surface area (Å²) in [5.41, 5.74) is 5.95. The lowest BCUT2D eigenvalue weighted by molar-refractivity contribution is -0.00260. The van der Waals surface area contributed by atoms with Crippen LogP contribution < -0.4 is 5.73 Å². The van der Waals surface area contributed by atoms with E-state index in [2.05, 4.69) is 0 Å². The standard InChI is InChI=1S/C13H25NO/c14-12-7-4-8-13(9-12)15-10-11-5-2-1-3-6-11/h11-13H,1-10,14H2. The summed E-state index contributed by atoms with van der Waals surface area (Å²) in [5, 5.41) is 0. The molecule has 2 nitrogen and oxygen atoms in total. The Hall–Kier alpha value is -0.0800. The number of rotatable bonds is 3. The highest BCUT2D eigenvalue weighted by molar-refractivity contribution is 4.76. The Morgan fingerprint density at radius 1 is 0.933 bits per heavy atom. The van der Waals surface area contributed by atoms with Crippen molar-refractivity contribution in [3.05, 3.63) is 0 Å². The van der Waals surface area contributed by atoms with Crippen LogP contribution >= 0.6 is 0 Å². The third-order valence-corrected chi connectivity index (χ3v) is 3.96. The van der Waals surface area contributed by atoms with E-state index in [1.54, 1.807) is 0 Å². The summed E-state index contributed by atoms with van der Waals surface area (Å²) in [7, 11) is 0. The van der Waals surface area contributed by atoms with Crippen LogP contribution in [0.5, 0.6) is 0 Å². The Morgan fingerprint density at radius 2 is 1.73 bits per heavy atom. The molecule has 0 radical (unpaired) electrons. The lowest BCUT2D eigenvalue weighted by atomic mass is 9.89. The van der Waals surface area contributed by atoms with Gasteiger partial charge in [0.05, 0.1) is 6.10 Å². The van der Waals surface area contributed by atoms with Gasteiger partial charge in [0.1, 0.15) is 0 Å². The van der Waals surface area contributed by atoms with E-state index in [1.807, 2.05) is 0 Å². The molecule has 0 aromatic carbocycles. The second-order valence-corrected chi connectivity index (χ2v) is 5.39. The first-order valence-electron chi connectivity index (χ1n) is 6.72. The van der Waals surface area contributed by atoms with Crippen LogP contribution in [-0.4, -0.2) is 18.8 Å².